The number of pyridine rings is 1. The van der Waals surface area contributed by atoms with E-state index in [0.717, 1.165) is 10.2 Å². The Labute approximate surface area is 116 Å². The van der Waals surface area contributed by atoms with Crippen LogP contribution in [0.15, 0.2) is 46.2 Å². The van der Waals surface area contributed by atoms with E-state index < -0.39 is 0 Å². The molecular formula is C13H8BrN3O2. The van der Waals surface area contributed by atoms with E-state index in [1.807, 2.05) is 6.07 Å². The van der Waals surface area contributed by atoms with Crippen molar-refractivity contribution in [2.24, 2.45) is 0 Å². The van der Waals surface area contributed by atoms with Gasteiger partial charge in [0.15, 0.2) is 0 Å². The van der Waals surface area contributed by atoms with Gasteiger partial charge in [-0.05, 0) is 39.7 Å². The monoisotopic (exact) mass is 317 g/mol. The van der Waals surface area contributed by atoms with Crippen LogP contribution in [0.4, 0.5) is 0 Å². The fourth-order valence-electron chi connectivity index (χ4n) is 1.87. The van der Waals surface area contributed by atoms with E-state index in [4.69, 9.17) is 0 Å². The number of nitrogens with one attached hydrogen (secondary N) is 1. The lowest BCUT2D eigenvalue weighted by molar-refractivity contribution is 0.480. The van der Waals surface area contributed by atoms with Crippen LogP contribution in [0.3, 0.4) is 0 Å². The van der Waals surface area contributed by atoms with Crippen LogP contribution in [0.25, 0.3) is 22.0 Å². The van der Waals surface area contributed by atoms with Crippen molar-refractivity contribution in [3.05, 3.63) is 51.7 Å². The molecule has 2 heterocycles. The van der Waals surface area contributed by atoms with Crippen LogP contribution in [0, 0.1) is 0 Å². The van der Waals surface area contributed by atoms with Gasteiger partial charge in [-0.25, -0.2) is 9.97 Å². The number of fused-ring (bicyclic) bond motifs is 1. The largest absolute Gasteiger partial charge is 0.506 e. The molecule has 0 aliphatic heterocycles. The second kappa shape index (κ2) is 4.47. The van der Waals surface area contributed by atoms with E-state index in [9.17, 15) is 9.90 Å². The number of aromatic hydroxyl groups is 1. The van der Waals surface area contributed by atoms with E-state index in [1.54, 1.807) is 24.4 Å². The zero-order valence-electron chi connectivity index (χ0n) is 9.59. The van der Waals surface area contributed by atoms with Crippen molar-refractivity contribution in [2.45, 2.75) is 0 Å². The molecule has 0 bridgehead atoms. The summed E-state index contributed by atoms with van der Waals surface area (Å²) < 4.78 is 0.723. The number of hydrogen-bond acceptors (Lipinski definition) is 4. The van der Waals surface area contributed by atoms with Crippen molar-refractivity contribution in [3.8, 4) is 16.9 Å². The molecule has 94 valence electrons. The average Bonchev–Trinajstić information content (AvgIpc) is 2.41. The van der Waals surface area contributed by atoms with E-state index in [1.165, 1.54) is 6.33 Å². The third-order valence-electron chi connectivity index (χ3n) is 2.78. The number of benzene rings is 1. The predicted molar refractivity (Wildman–Crippen MR) is 75.0 cm³/mol. The third-order valence-corrected chi connectivity index (χ3v) is 3.25. The van der Waals surface area contributed by atoms with E-state index in [2.05, 4.69) is 30.9 Å². The normalized spacial score (nSPS) is 10.8. The molecule has 0 fully saturated rings. The lowest BCUT2D eigenvalue weighted by atomic mass is 10.0. The highest BCUT2D eigenvalue weighted by molar-refractivity contribution is 9.10. The number of aromatic nitrogens is 3. The summed E-state index contributed by atoms with van der Waals surface area (Å²) >= 11 is 3.26. The van der Waals surface area contributed by atoms with Crippen molar-refractivity contribution in [1.82, 2.24) is 15.0 Å². The summed E-state index contributed by atoms with van der Waals surface area (Å²) in [5.41, 5.74) is 1.52. The SMILES string of the molecule is O=c1[nH]cnc2c(O)cc(-c3ccc(Br)nc3)cc12. The molecule has 2 N–H and O–H groups in total. The fourth-order valence-corrected chi connectivity index (χ4v) is 2.11. The molecule has 0 spiro atoms. The number of nitrogens with zero attached hydrogens (tertiary/aromatic N) is 2. The van der Waals surface area contributed by atoms with E-state index in [-0.39, 0.29) is 16.8 Å². The van der Waals surface area contributed by atoms with Crippen molar-refractivity contribution in [2.75, 3.05) is 0 Å². The average molecular weight is 318 g/mol. The van der Waals surface area contributed by atoms with E-state index >= 15 is 0 Å². The maximum atomic E-state index is 11.7. The van der Waals surface area contributed by atoms with Crippen LogP contribution < -0.4 is 5.56 Å². The maximum Gasteiger partial charge on any atom is 0.258 e. The Kier molecular flexibility index (Phi) is 2.79. The Hall–Kier alpha value is -2.21. The smallest absolute Gasteiger partial charge is 0.258 e. The minimum atomic E-state index is -0.285. The van der Waals surface area contributed by atoms with Crippen LogP contribution in [0.2, 0.25) is 0 Å². The van der Waals surface area contributed by atoms with Gasteiger partial charge < -0.3 is 10.1 Å². The van der Waals surface area contributed by atoms with Crippen LogP contribution in [-0.2, 0) is 0 Å². The first kappa shape index (κ1) is 11.9. The van der Waals surface area contributed by atoms with Gasteiger partial charge in [0.2, 0.25) is 0 Å². The summed E-state index contributed by atoms with van der Waals surface area (Å²) in [6, 6.07) is 6.90. The third kappa shape index (κ3) is 2.10. The number of phenolic OH excluding ortho intramolecular Hbond substituents is 1. The fraction of sp³-hybridized carbons (Fsp3) is 0. The molecule has 6 heteroatoms. The highest BCUT2D eigenvalue weighted by Gasteiger charge is 2.08. The molecule has 19 heavy (non-hydrogen) atoms. The number of rotatable bonds is 1. The molecule has 0 amide bonds. The van der Waals surface area contributed by atoms with Gasteiger partial charge in [0, 0.05) is 11.8 Å². The van der Waals surface area contributed by atoms with E-state index in [0.29, 0.717) is 10.9 Å². The number of phenols is 1. The molecule has 0 atom stereocenters. The highest BCUT2D eigenvalue weighted by Crippen LogP contribution is 2.28. The molecule has 0 saturated heterocycles. The van der Waals surface area contributed by atoms with Crippen molar-refractivity contribution in [3.63, 3.8) is 0 Å². The summed E-state index contributed by atoms with van der Waals surface area (Å²) in [7, 11) is 0. The van der Waals surface area contributed by atoms with Crippen molar-refractivity contribution in [1.29, 1.82) is 0 Å². The maximum absolute atomic E-state index is 11.7. The quantitative estimate of drug-likeness (QED) is 0.676. The van der Waals surface area contributed by atoms with Crippen molar-refractivity contribution < 1.29 is 5.11 Å². The minimum Gasteiger partial charge on any atom is -0.506 e. The molecule has 3 rings (SSSR count). The van der Waals surface area contributed by atoms with Gasteiger partial charge in [0.1, 0.15) is 15.9 Å². The second-order valence-corrected chi connectivity index (χ2v) is 4.81. The summed E-state index contributed by atoms with van der Waals surface area (Å²) in [5.74, 6) is -0.0264. The summed E-state index contributed by atoms with van der Waals surface area (Å²) in [4.78, 5) is 22.3. The Morgan fingerprint density at radius 3 is 2.74 bits per heavy atom. The molecule has 3 aromatic rings. The summed E-state index contributed by atoms with van der Waals surface area (Å²) in [6.45, 7) is 0. The molecule has 0 aliphatic carbocycles. The molecule has 2 aromatic heterocycles. The number of halogens is 1. The molecule has 1 aromatic carbocycles. The van der Waals surface area contributed by atoms with Gasteiger partial charge in [-0.3, -0.25) is 4.79 Å². The standard InChI is InChI=1S/C13H8BrN3O2/c14-11-2-1-7(5-15-11)8-3-9-12(10(18)4-8)16-6-17-13(9)19/h1-6,18H,(H,16,17,19). The van der Waals surface area contributed by atoms with Gasteiger partial charge in [0.05, 0.1) is 11.7 Å². The summed E-state index contributed by atoms with van der Waals surface area (Å²) in [6.07, 6.45) is 2.93. The van der Waals surface area contributed by atoms with Gasteiger partial charge >= 0.3 is 0 Å². The van der Waals surface area contributed by atoms with Gasteiger partial charge in [-0.2, -0.15) is 0 Å². The molecule has 5 nitrogen and oxygen atoms in total. The number of hydrogen-bond donors (Lipinski definition) is 2. The van der Waals surface area contributed by atoms with Gasteiger partial charge in [-0.15, -0.1) is 0 Å². The minimum absolute atomic E-state index is 0.0264. The second-order valence-electron chi connectivity index (χ2n) is 3.99. The van der Waals surface area contributed by atoms with Gasteiger partial charge in [0.25, 0.3) is 5.56 Å². The highest BCUT2D eigenvalue weighted by atomic mass is 79.9. The van der Waals surface area contributed by atoms with Crippen molar-refractivity contribution >= 4 is 26.8 Å². The lowest BCUT2D eigenvalue weighted by Crippen LogP contribution is -2.06. The first-order valence-corrected chi connectivity index (χ1v) is 6.27. The van der Waals surface area contributed by atoms with Crippen LogP contribution >= 0.6 is 15.9 Å². The Bertz CT molecular complexity index is 812. The number of H-pyrrole nitrogens is 1. The predicted octanol–water partition coefficient (Wildman–Crippen LogP) is 2.45. The zero-order chi connectivity index (χ0) is 13.4. The topological polar surface area (TPSA) is 78.9 Å². The van der Waals surface area contributed by atoms with Crippen LogP contribution in [0.1, 0.15) is 0 Å². The zero-order valence-corrected chi connectivity index (χ0v) is 11.2. The Morgan fingerprint density at radius 1 is 1.16 bits per heavy atom. The molecule has 0 radical (unpaired) electrons. The molecular weight excluding hydrogens is 310 g/mol. The summed E-state index contributed by atoms with van der Waals surface area (Å²) in [5, 5.41) is 10.3. The van der Waals surface area contributed by atoms with Crippen LogP contribution in [0.5, 0.6) is 5.75 Å². The molecule has 0 saturated carbocycles. The molecule has 0 aliphatic rings. The van der Waals surface area contributed by atoms with Crippen LogP contribution in [-0.4, -0.2) is 20.1 Å². The lowest BCUT2D eigenvalue weighted by Gasteiger charge is -2.05. The Balaban J connectivity index is 2.29. The van der Waals surface area contributed by atoms with Gasteiger partial charge in [-0.1, -0.05) is 6.07 Å². The first-order chi connectivity index (χ1) is 9.15. The Morgan fingerprint density at radius 2 is 2.00 bits per heavy atom. The molecule has 0 unspecified atom stereocenters. The number of aromatic amines is 1. The first-order valence-electron chi connectivity index (χ1n) is 5.47.